The predicted octanol–water partition coefficient (Wildman–Crippen LogP) is 0.861. The van der Waals surface area contributed by atoms with Gasteiger partial charge in [-0.25, -0.2) is 9.48 Å². The maximum atomic E-state index is 12.2. The zero-order valence-electron chi connectivity index (χ0n) is 14.3. The molecule has 1 aliphatic rings. The molecule has 3 N–H and O–H groups in total. The number of nitrogens with one attached hydrogen (secondary N) is 2. The minimum atomic E-state index is -0.441. The summed E-state index contributed by atoms with van der Waals surface area (Å²) in [5, 5.41) is 21.0. The largest absolute Gasteiger partial charge is 0.461 e. The Bertz CT molecular complexity index is 702. The van der Waals surface area contributed by atoms with Gasteiger partial charge in [0.2, 0.25) is 0 Å². The second-order valence-electron chi connectivity index (χ2n) is 6.05. The number of esters is 1. The zero-order valence-corrected chi connectivity index (χ0v) is 14.3. The van der Waals surface area contributed by atoms with E-state index in [9.17, 15) is 9.90 Å². The number of hydrogen-bond acceptors (Lipinski definition) is 6. The highest BCUT2D eigenvalue weighted by atomic mass is 16.5. The summed E-state index contributed by atoms with van der Waals surface area (Å²) in [6, 6.07) is 9.62. The van der Waals surface area contributed by atoms with Gasteiger partial charge in [-0.1, -0.05) is 18.2 Å². The van der Waals surface area contributed by atoms with E-state index in [1.54, 1.807) is 11.6 Å². The minimum absolute atomic E-state index is 0.00336. The number of piperidine rings is 1. The van der Waals surface area contributed by atoms with Gasteiger partial charge in [-0.3, -0.25) is 0 Å². The molecular formula is C18H24N4O3. The first-order chi connectivity index (χ1) is 12.2. The van der Waals surface area contributed by atoms with Gasteiger partial charge in [0, 0.05) is 30.9 Å². The number of carbonyl (C=O) groups is 1. The molecule has 7 nitrogen and oxygen atoms in total. The summed E-state index contributed by atoms with van der Waals surface area (Å²) in [6.45, 7) is 3.96. The first kappa shape index (κ1) is 17.6. The molecule has 25 heavy (non-hydrogen) atoms. The molecular weight excluding hydrogens is 320 g/mol. The number of β-amino-alcohol motifs (C(OH)–C–C–N with tert-alkyl or cyclic N) is 1. The summed E-state index contributed by atoms with van der Waals surface area (Å²) in [4.78, 5) is 12.2. The van der Waals surface area contributed by atoms with E-state index in [-0.39, 0.29) is 6.04 Å². The normalized spacial score (nSPS) is 20.4. The number of para-hydroxylation sites is 1. The van der Waals surface area contributed by atoms with Gasteiger partial charge in [0.15, 0.2) is 5.69 Å². The third kappa shape index (κ3) is 4.25. The predicted molar refractivity (Wildman–Crippen MR) is 93.6 cm³/mol. The first-order valence-electron chi connectivity index (χ1n) is 8.62. The average Bonchev–Trinajstić information content (AvgIpc) is 3.06. The van der Waals surface area contributed by atoms with Crippen LogP contribution in [-0.2, 0) is 11.3 Å². The number of benzene rings is 1. The van der Waals surface area contributed by atoms with Crippen LogP contribution >= 0.6 is 0 Å². The maximum Gasteiger partial charge on any atom is 0.359 e. The molecule has 0 saturated carbocycles. The van der Waals surface area contributed by atoms with Crippen molar-refractivity contribution in [1.29, 1.82) is 0 Å². The average molecular weight is 344 g/mol. The van der Waals surface area contributed by atoms with Crippen LogP contribution in [0, 0.1) is 0 Å². The van der Waals surface area contributed by atoms with Crippen molar-refractivity contribution in [3.8, 4) is 5.69 Å². The number of carbonyl (C=O) groups excluding carboxylic acids is 1. The van der Waals surface area contributed by atoms with Gasteiger partial charge in [-0.15, -0.1) is 0 Å². The summed E-state index contributed by atoms with van der Waals surface area (Å²) in [5.41, 5.74) is 1.94. The van der Waals surface area contributed by atoms with E-state index >= 15 is 0 Å². The molecule has 2 aromatic rings. The minimum Gasteiger partial charge on any atom is -0.461 e. The molecule has 0 spiro atoms. The van der Waals surface area contributed by atoms with Gasteiger partial charge >= 0.3 is 5.97 Å². The van der Waals surface area contributed by atoms with E-state index in [1.165, 1.54) is 0 Å². The Morgan fingerprint density at radius 2 is 2.24 bits per heavy atom. The van der Waals surface area contributed by atoms with E-state index in [1.807, 2.05) is 36.5 Å². The van der Waals surface area contributed by atoms with Crippen LogP contribution < -0.4 is 10.6 Å². The van der Waals surface area contributed by atoms with Crippen molar-refractivity contribution in [1.82, 2.24) is 20.4 Å². The van der Waals surface area contributed by atoms with Crippen LogP contribution in [0.4, 0.5) is 0 Å². The zero-order chi connectivity index (χ0) is 17.6. The van der Waals surface area contributed by atoms with Crippen molar-refractivity contribution in [2.24, 2.45) is 0 Å². The number of ether oxygens (including phenoxy) is 1. The Morgan fingerprint density at radius 1 is 1.44 bits per heavy atom. The molecule has 0 unspecified atom stereocenters. The molecule has 1 aromatic carbocycles. The number of nitrogens with zero attached hydrogens (tertiary/aromatic N) is 2. The summed E-state index contributed by atoms with van der Waals surface area (Å²) < 4.78 is 6.81. The number of aliphatic hydroxyl groups is 1. The van der Waals surface area contributed by atoms with Gasteiger partial charge in [0.1, 0.15) is 0 Å². The lowest BCUT2D eigenvalue weighted by Gasteiger charge is -2.29. The van der Waals surface area contributed by atoms with Crippen molar-refractivity contribution < 1.29 is 14.6 Å². The Hall–Kier alpha value is -2.22. The van der Waals surface area contributed by atoms with Crippen LogP contribution in [-0.4, -0.2) is 52.7 Å². The van der Waals surface area contributed by atoms with Crippen molar-refractivity contribution >= 4 is 5.97 Å². The highest BCUT2D eigenvalue weighted by Crippen LogP contribution is 2.15. The van der Waals surface area contributed by atoms with Crippen LogP contribution in [0.1, 0.15) is 29.4 Å². The molecule has 1 aliphatic heterocycles. The highest BCUT2D eigenvalue weighted by molar-refractivity contribution is 5.88. The van der Waals surface area contributed by atoms with E-state index < -0.39 is 12.1 Å². The fraction of sp³-hybridized carbons (Fsp3) is 0.444. The number of aliphatic hydroxyl groups excluding tert-OH is 1. The number of aromatic nitrogens is 2. The van der Waals surface area contributed by atoms with Gasteiger partial charge in [0.25, 0.3) is 0 Å². The topological polar surface area (TPSA) is 88.4 Å². The fourth-order valence-electron chi connectivity index (χ4n) is 2.94. The quantitative estimate of drug-likeness (QED) is 0.674. The maximum absolute atomic E-state index is 12.2. The monoisotopic (exact) mass is 344 g/mol. The second kappa shape index (κ2) is 8.24. The Kier molecular flexibility index (Phi) is 5.80. The van der Waals surface area contributed by atoms with Crippen LogP contribution in [0.2, 0.25) is 0 Å². The number of rotatable bonds is 6. The lowest BCUT2D eigenvalue weighted by Crippen LogP contribution is -2.50. The molecule has 7 heteroatoms. The second-order valence-corrected chi connectivity index (χ2v) is 6.05. The van der Waals surface area contributed by atoms with E-state index in [0.717, 1.165) is 24.2 Å². The van der Waals surface area contributed by atoms with Gasteiger partial charge in [0.05, 0.1) is 18.4 Å². The van der Waals surface area contributed by atoms with Crippen LogP contribution in [0.15, 0.2) is 36.5 Å². The molecule has 3 rings (SSSR count). The Labute approximate surface area is 147 Å². The van der Waals surface area contributed by atoms with E-state index in [0.29, 0.717) is 25.4 Å². The lowest BCUT2D eigenvalue weighted by molar-refractivity contribution is 0.0517. The SMILES string of the molecule is CCOC(=O)c1nn(-c2ccccc2)cc1CN[C@H]1CCNC[C@@H]1O. The lowest BCUT2D eigenvalue weighted by atomic mass is 10.0. The molecule has 2 atom stereocenters. The van der Waals surface area contributed by atoms with Crippen LogP contribution in [0.5, 0.6) is 0 Å². The molecule has 2 heterocycles. The van der Waals surface area contributed by atoms with E-state index in [4.69, 9.17) is 4.74 Å². The molecule has 0 aliphatic carbocycles. The highest BCUT2D eigenvalue weighted by Gasteiger charge is 2.24. The molecule has 1 aromatic heterocycles. The third-order valence-corrected chi connectivity index (χ3v) is 4.28. The van der Waals surface area contributed by atoms with Crippen LogP contribution in [0.25, 0.3) is 5.69 Å². The summed E-state index contributed by atoms with van der Waals surface area (Å²) in [6.07, 6.45) is 2.23. The van der Waals surface area contributed by atoms with Crippen molar-refractivity contribution in [3.63, 3.8) is 0 Å². The van der Waals surface area contributed by atoms with Crippen molar-refractivity contribution in [2.45, 2.75) is 32.0 Å². The molecule has 0 bridgehead atoms. The summed E-state index contributed by atoms with van der Waals surface area (Å²) in [7, 11) is 0. The molecule has 1 saturated heterocycles. The molecule has 0 amide bonds. The standard InChI is InChI=1S/C18H24N4O3/c1-2-25-18(24)17-13(10-20-15-8-9-19-11-16(15)23)12-22(21-17)14-6-4-3-5-7-14/h3-7,12,15-16,19-20,23H,2,8-11H2,1H3/t15-,16-/m0/s1. The smallest absolute Gasteiger partial charge is 0.359 e. The van der Waals surface area contributed by atoms with Gasteiger partial charge in [-0.2, -0.15) is 5.10 Å². The van der Waals surface area contributed by atoms with E-state index in [2.05, 4.69) is 15.7 Å². The summed E-state index contributed by atoms with van der Waals surface area (Å²) >= 11 is 0. The fourth-order valence-corrected chi connectivity index (χ4v) is 2.94. The Balaban J connectivity index is 1.80. The van der Waals surface area contributed by atoms with Crippen molar-refractivity contribution in [3.05, 3.63) is 47.8 Å². The Morgan fingerprint density at radius 3 is 2.96 bits per heavy atom. The first-order valence-corrected chi connectivity index (χ1v) is 8.62. The summed E-state index contributed by atoms with van der Waals surface area (Å²) in [5.74, 6) is -0.431. The molecule has 0 radical (unpaired) electrons. The third-order valence-electron chi connectivity index (χ3n) is 4.28. The van der Waals surface area contributed by atoms with Gasteiger partial charge < -0.3 is 20.5 Å². The van der Waals surface area contributed by atoms with Crippen LogP contribution in [0.3, 0.4) is 0 Å². The number of hydrogen-bond donors (Lipinski definition) is 3. The van der Waals surface area contributed by atoms with Crippen molar-refractivity contribution in [2.75, 3.05) is 19.7 Å². The molecule has 1 fully saturated rings. The molecule has 134 valence electrons. The van der Waals surface area contributed by atoms with Gasteiger partial charge in [-0.05, 0) is 32.0 Å².